The maximum Gasteiger partial charge on any atom is 0.349 e. The third-order valence-electron chi connectivity index (χ3n) is 5.67. The van der Waals surface area contributed by atoms with E-state index in [1.807, 2.05) is 0 Å². The normalized spacial score (nSPS) is 29.9. The molecule has 4 heterocycles. The molecule has 2 aromatic rings. The lowest BCUT2D eigenvalue weighted by Crippen LogP contribution is -2.65. The minimum Gasteiger partial charge on any atom is -0.391 e. The highest BCUT2D eigenvalue weighted by Crippen LogP contribution is 2.55. The van der Waals surface area contributed by atoms with Gasteiger partial charge in [0.1, 0.15) is 18.3 Å². The van der Waals surface area contributed by atoms with E-state index in [0.29, 0.717) is 17.0 Å². The molecule has 2 fully saturated rings. The highest BCUT2D eigenvalue weighted by atomic mass is 32.1. The van der Waals surface area contributed by atoms with E-state index in [9.17, 15) is 9.90 Å². The Balaban J connectivity index is 1.73. The lowest BCUT2D eigenvalue weighted by atomic mass is 10.1. The summed E-state index contributed by atoms with van der Waals surface area (Å²) in [5.41, 5.74) is 6.06. The van der Waals surface area contributed by atoms with Crippen molar-refractivity contribution in [1.82, 2.24) is 14.5 Å². The van der Waals surface area contributed by atoms with E-state index in [1.165, 1.54) is 10.8 Å². The van der Waals surface area contributed by atoms with Crippen LogP contribution in [0.3, 0.4) is 0 Å². The molecule has 3 N–H and O–H groups in total. The monoisotopic (exact) mass is 440 g/mol. The van der Waals surface area contributed by atoms with Crippen LogP contribution in [-0.2, 0) is 13.6 Å². The maximum atomic E-state index is 12.7. The molecular formula is C18H28N4O5SSi. The molecule has 160 valence electrons. The van der Waals surface area contributed by atoms with Crippen LogP contribution in [0, 0.1) is 0 Å². The van der Waals surface area contributed by atoms with E-state index < -0.39 is 33.1 Å². The predicted molar refractivity (Wildman–Crippen MR) is 112 cm³/mol. The van der Waals surface area contributed by atoms with Gasteiger partial charge in [-0.05, 0) is 0 Å². The first-order valence-corrected chi connectivity index (χ1v) is 12.3. The van der Waals surface area contributed by atoms with Gasteiger partial charge in [-0.3, -0.25) is 9.36 Å². The molecule has 0 aromatic carbocycles. The summed E-state index contributed by atoms with van der Waals surface area (Å²) in [4.78, 5) is 20.5. The summed E-state index contributed by atoms with van der Waals surface area (Å²) < 4.78 is 21.0. The van der Waals surface area contributed by atoms with Crippen molar-refractivity contribution < 1.29 is 18.7 Å². The van der Waals surface area contributed by atoms with Crippen molar-refractivity contribution in [3.05, 3.63) is 15.9 Å². The van der Waals surface area contributed by atoms with Gasteiger partial charge in [-0.25, -0.2) is 4.98 Å². The van der Waals surface area contributed by atoms with E-state index in [0.717, 1.165) is 11.3 Å². The molecule has 0 unspecified atom stereocenters. The summed E-state index contributed by atoms with van der Waals surface area (Å²) in [6.45, 7) is 13.0. The van der Waals surface area contributed by atoms with Gasteiger partial charge >= 0.3 is 13.4 Å². The zero-order valence-corrected chi connectivity index (χ0v) is 19.3. The second-order valence-corrected chi connectivity index (χ2v) is 15.5. The van der Waals surface area contributed by atoms with E-state index in [1.54, 1.807) is 0 Å². The number of nitrogens with zero attached hydrogens (tertiary/aromatic N) is 3. The molecule has 4 rings (SSSR count). The molecule has 11 heteroatoms. The lowest BCUT2D eigenvalue weighted by Gasteiger charge is -2.53. The third-order valence-corrected chi connectivity index (χ3v) is 11.7. The summed E-state index contributed by atoms with van der Waals surface area (Å²) >= 11 is 0.990. The predicted octanol–water partition coefficient (Wildman–Crippen LogP) is 2.15. The van der Waals surface area contributed by atoms with Crippen LogP contribution in [0.4, 0.5) is 5.95 Å². The fourth-order valence-corrected chi connectivity index (χ4v) is 10.4. The Morgan fingerprint density at radius 2 is 1.93 bits per heavy atom. The summed E-state index contributed by atoms with van der Waals surface area (Å²) in [5, 5.41) is 10.7. The Labute approximate surface area is 174 Å². The van der Waals surface area contributed by atoms with Crippen molar-refractivity contribution in [2.45, 2.75) is 76.2 Å². The van der Waals surface area contributed by atoms with Crippen LogP contribution in [-0.4, -0.2) is 53.1 Å². The number of hydrogen-bond acceptors (Lipinski definition) is 9. The molecule has 2 aliphatic rings. The Morgan fingerprint density at radius 1 is 1.28 bits per heavy atom. The number of nitrogen functional groups attached to an aromatic ring is 1. The Bertz CT molecular complexity index is 981. The van der Waals surface area contributed by atoms with Crippen LogP contribution in [0.5, 0.6) is 0 Å². The molecule has 0 radical (unpaired) electrons. The van der Waals surface area contributed by atoms with Crippen molar-refractivity contribution >= 4 is 36.2 Å². The van der Waals surface area contributed by atoms with Crippen LogP contribution in [0.2, 0.25) is 10.1 Å². The first-order chi connectivity index (χ1) is 13.4. The van der Waals surface area contributed by atoms with Gasteiger partial charge in [0.15, 0.2) is 11.9 Å². The molecule has 0 bridgehead atoms. The molecule has 29 heavy (non-hydrogen) atoms. The number of ether oxygens (including phenoxy) is 1. The first kappa shape index (κ1) is 20.9. The van der Waals surface area contributed by atoms with E-state index in [4.69, 9.17) is 19.3 Å². The number of aliphatic hydroxyl groups is 1. The molecule has 2 saturated heterocycles. The smallest absolute Gasteiger partial charge is 0.349 e. The summed E-state index contributed by atoms with van der Waals surface area (Å²) in [6.07, 6.45) is -1.51. The van der Waals surface area contributed by atoms with Crippen LogP contribution < -0.4 is 10.6 Å². The molecule has 9 nitrogen and oxygen atoms in total. The van der Waals surface area contributed by atoms with Crippen molar-refractivity contribution in [1.29, 1.82) is 0 Å². The van der Waals surface area contributed by atoms with Gasteiger partial charge < -0.3 is 24.4 Å². The summed E-state index contributed by atoms with van der Waals surface area (Å²) in [6, 6.07) is 0. The quantitative estimate of drug-likeness (QED) is 0.647. The Kier molecular flexibility index (Phi) is 4.72. The van der Waals surface area contributed by atoms with Crippen LogP contribution >= 0.6 is 11.3 Å². The first-order valence-electron chi connectivity index (χ1n) is 9.64. The highest BCUT2D eigenvalue weighted by Gasteiger charge is 2.65. The number of anilines is 1. The van der Waals surface area contributed by atoms with Gasteiger partial charge in [-0.1, -0.05) is 52.9 Å². The average Bonchev–Trinajstić information content (AvgIpc) is 3.08. The number of aliphatic hydroxyl groups excluding tert-OH is 1. The Morgan fingerprint density at radius 3 is 2.55 bits per heavy atom. The minimum absolute atomic E-state index is 0.0559. The van der Waals surface area contributed by atoms with Crippen LogP contribution in [0.15, 0.2) is 11.0 Å². The molecular weight excluding hydrogens is 412 g/mol. The minimum atomic E-state index is -2.77. The fourth-order valence-electron chi connectivity index (χ4n) is 4.62. The van der Waals surface area contributed by atoms with Crippen LogP contribution in [0.1, 0.15) is 47.8 Å². The molecule has 2 aromatic heterocycles. The van der Waals surface area contributed by atoms with Gasteiger partial charge in [0.2, 0.25) is 5.95 Å². The topological polar surface area (TPSA) is 122 Å². The molecule has 0 spiro atoms. The number of aromatic nitrogens is 3. The number of fused-ring (bicyclic) bond motifs is 2. The summed E-state index contributed by atoms with van der Waals surface area (Å²) in [7, 11) is -2.77. The molecule has 2 aliphatic heterocycles. The maximum absolute atomic E-state index is 12.7. The van der Waals surface area contributed by atoms with Crippen molar-refractivity contribution in [2.75, 3.05) is 12.3 Å². The SMILES string of the molecule is CC(C)(C)[Si]1(C(C)(C)C)OC[C@H]2O[C@@H](n3c(=O)sc4cnc(N)nc43)[C@H](O)[C@H]2O1. The average molecular weight is 441 g/mol. The zero-order valence-electron chi connectivity index (χ0n) is 17.5. The molecule has 0 aliphatic carbocycles. The number of thiazole rings is 1. The van der Waals surface area contributed by atoms with Crippen molar-refractivity contribution in [3.63, 3.8) is 0 Å². The van der Waals surface area contributed by atoms with Gasteiger partial charge in [-0.15, -0.1) is 0 Å². The van der Waals surface area contributed by atoms with E-state index in [-0.39, 0.29) is 20.9 Å². The van der Waals surface area contributed by atoms with Gasteiger partial charge in [0.25, 0.3) is 0 Å². The highest BCUT2D eigenvalue weighted by molar-refractivity contribution is 7.16. The standard InChI is InChI=1S/C18H28N4O5SSi/c1-17(2,3)29(18(4,5)6)25-8-9-12(27-29)11(23)14(26-9)22-13-10(28-16(22)24)7-20-15(19)21-13/h7,9,11-12,14,23H,8H2,1-6H3,(H2,19,20,21)/t9-,11-,12+,14-/m1/s1. The molecule has 4 atom stereocenters. The second-order valence-electron chi connectivity index (χ2n) is 9.72. The molecule has 0 amide bonds. The lowest BCUT2D eigenvalue weighted by molar-refractivity contribution is -0.0798. The summed E-state index contributed by atoms with van der Waals surface area (Å²) in [5.74, 6) is 0.0559. The van der Waals surface area contributed by atoms with Crippen molar-refractivity contribution in [2.24, 2.45) is 0 Å². The fraction of sp³-hybridized carbons (Fsp3) is 0.722. The van der Waals surface area contributed by atoms with Gasteiger partial charge in [-0.2, -0.15) is 4.98 Å². The van der Waals surface area contributed by atoms with Gasteiger partial charge in [0.05, 0.1) is 17.5 Å². The van der Waals surface area contributed by atoms with E-state index >= 15 is 0 Å². The number of rotatable bonds is 1. The zero-order chi connectivity index (χ0) is 21.4. The van der Waals surface area contributed by atoms with Crippen LogP contribution in [0.25, 0.3) is 10.3 Å². The van der Waals surface area contributed by atoms with E-state index in [2.05, 4.69) is 51.5 Å². The third kappa shape index (κ3) is 3.06. The number of hydrogen-bond donors (Lipinski definition) is 2. The largest absolute Gasteiger partial charge is 0.391 e. The van der Waals surface area contributed by atoms with Crippen molar-refractivity contribution in [3.8, 4) is 0 Å². The second kappa shape index (κ2) is 6.56. The Hall–Kier alpha value is -1.37. The molecule has 0 saturated carbocycles. The van der Waals surface area contributed by atoms with Gasteiger partial charge in [0, 0.05) is 10.1 Å². The number of nitrogens with two attached hydrogens (primary N) is 1.